The van der Waals surface area contributed by atoms with Gasteiger partial charge in [0.1, 0.15) is 10.7 Å². The van der Waals surface area contributed by atoms with Crippen LogP contribution in [0.15, 0.2) is 53.4 Å². The summed E-state index contributed by atoms with van der Waals surface area (Å²) in [4.78, 5) is -0.382. The van der Waals surface area contributed by atoms with Crippen LogP contribution in [-0.2, 0) is 10.0 Å². The Labute approximate surface area is 122 Å². The minimum Gasteiger partial charge on any atom is -0.267 e. The summed E-state index contributed by atoms with van der Waals surface area (Å²) in [6.07, 6.45) is 0. The Kier molecular flexibility index (Phi) is 4.30. The summed E-state index contributed by atoms with van der Waals surface area (Å²) >= 11 is 5.65. The first-order valence-electron chi connectivity index (χ1n) is 5.99. The van der Waals surface area contributed by atoms with Gasteiger partial charge in [-0.05, 0) is 37.3 Å². The van der Waals surface area contributed by atoms with Crippen LogP contribution in [0.5, 0.6) is 0 Å². The number of hydrogen-bond acceptors (Lipinski definition) is 2. The molecule has 2 rings (SSSR count). The van der Waals surface area contributed by atoms with Crippen LogP contribution in [-0.4, -0.2) is 15.0 Å². The molecule has 0 saturated carbocycles. The number of benzene rings is 2. The minimum absolute atomic E-state index is 0.157. The second-order valence-corrected chi connectivity index (χ2v) is 6.35. The minimum atomic E-state index is -3.95. The van der Waals surface area contributed by atoms with Gasteiger partial charge in [0.2, 0.25) is 0 Å². The van der Waals surface area contributed by atoms with Crippen LogP contribution in [0.3, 0.4) is 0 Å². The zero-order valence-electron chi connectivity index (χ0n) is 10.8. The van der Waals surface area contributed by atoms with Crippen molar-refractivity contribution in [3.05, 3.63) is 59.4 Å². The number of hydrogen-bond donors (Lipinski definition) is 0. The molecule has 0 radical (unpaired) electrons. The monoisotopic (exact) mass is 313 g/mol. The van der Waals surface area contributed by atoms with Gasteiger partial charge < -0.3 is 0 Å². The molecule has 0 unspecified atom stereocenters. The number of anilines is 1. The van der Waals surface area contributed by atoms with Gasteiger partial charge in [-0.25, -0.2) is 12.8 Å². The molecule has 3 nitrogen and oxygen atoms in total. The topological polar surface area (TPSA) is 37.4 Å². The molecule has 6 heteroatoms. The second-order valence-electron chi connectivity index (χ2n) is 4.08. The molecule has 0 aromatic heterocycles. The highest BCUT2D eigenvalue weighted by atomic mass is 35.5. The molecule has 0 aliphatic carbocycles. The molecule has 0 amide bonds. The molecule has 0 fully saturated rings. The van der Waals surface area contributed by atoms with Gasteiger partial charge in [-0.2, -0.15) is 0 Å². The maximum atomic E-state index is 13.9. The molecule has 20 heavy (non-hydrogen) atoms. The van der Waals surface area contributed by atoms with E-state index in [1.807, 2.05) is 0 Å². The van der Waals surface area contributed by atoms with Crippen molar-refractivity contribution in [2.75, 3.05) is 10.8 Å². The van der Waals surface area contributed by atoms with Crippen molar-refractivity contribution in [2.45, 2.75) is 11.8 Å². The van der Waals surface area contributed by atoms with Crippen LogP contribution >= 0.6 is 11.6 Å². The predicted octanol–water partition coefficient (Wildman–Crippen LogP) is 3.69. The Morgan fingerprint density at radius 1 is 1.15 bits per heavy atom. The summed E-state index contributed by atoms with van der Waals surface area (Å²) in [7, 11) is -3.95. The number of sulfonamides is 1. The van der Waals surface area contributed by atoms with E-state index in [1.165, 1.54) is 12.1 Å². The average Bonchev–Trinajstić information content (AvgIpc) is 2.40. The SMILES string of the molecule is CCN(c1ccccc1)S(=O)(=O)c1ccc(Cl)cc1F. The molecule has 106 valence electrons. The van der Waals surface area contributed by atoms with Gasteiger partial charge in [0.25, 0.3) is 10.0 Å². The molecule has 0 bridgehead atoms. The lowest BCUT2D eigenvalue weighted by atomic mass is 10.3. The first kappa shape index (κ1) is 14.8. The van der Waals surface area contributed by atoms with Gasteiger partial charge in [-0.3, -0.25) is 4.31 Å². The van der Waals surface area contributed by atoms with Crippen molar-refractivity contribution < 1.29 is 12.8 Å². The van der Waals surface area contributed by atoms with E-state index in [2.05, 4.69) is 0 Å². The van der Waals surface area contributed by atoms with Crippen LogP contribution < -0.4 is 4.31 Å². The Bertz CT molecular complexity index is 704. The van der Waals surface area contributed by atoms with Gasteiger partial charge in [0.15, 0.2) is 0 Å². The summed E-state index contributed by atoms with van der Waals surface area (Å²) in [5.74, 6) is -0.855. The molecule has 2 aromatic carbocycles. The van der Waals surface area contributed by atoms with Crippen LogP contribution in [0.2, 0.25) is 5.02 Å². The number of nitrogens with zero attached hydrogens (tertiary/aromatic N) is 1. The van der Waals surface area contributed by atoms with Gasteiger partial charge in [-0.1, -0.05) is 29.8 Å². The standard InChI is InChI=1S/C14H13ClFNO2S/c1-2-17(12-6-4-3-5-7-12)20(18,19)14-9-8-11(15)10-13(14)16/h3-10H,2H2,1H3. The van der Waals surface area contributed by atoms with E-state index in [1.54, 1.807) is 37.3 Å². The normalized spacial score (nSPS) is 11.3. The van der Waals surface area contributed by atoms with E-state index in [9.17, 15) is 12.8 Å². The third-order valence-electron chi connectivity index (χ3n) is 2.79. The highest BCUT2D eigenvalue weighted by Crippen LogP contribution is 2.26. The van der Waals surface area contributed by atoms with Crippen molar-refractivity contribution in [1.82, 2.24) is 0 Å². The Hall–Kier alpha value is -1.59. The first-order chi connectivity index (χ1) is 9.46. The van der Waals surface area contributed by atoms with E-state index in [4.69, 9.17) is 11.6 Å². The Balaban J connectivity index is 2.53. The predicted molar refractivity (Wildman–Crippen MR) is 78.1 cm³/mol. The van der Waals surface area contributed by atoms with E-state index in [0.717, 1.165) is 10.4 Å². The summed E-state index contributed by atoms with van der Waals surface area (Å²) in [6.45, 7) is 1.90. The third kappa shape index (κ3) is 2.78. The second kappa shape index (κ2) is 5.81. The lowest BCUT2D eigenvalue weighted by molar-refractivity contribution is 0.564. The maximum absolute atomic E-state index is 13.9. The van der Waals surface area contributed by atoms with Crippen molar-refractivity contribution >= 4 is 27.3 Å². The van der Waals surface area contributed by atoms with Gasteiger partial charge in [0, 0.05) is 11.6 Å². The number of rotatable bonds is 4. The zero-order chi connectivity index (χ0) is 14.8. The van der Waals surface area contributed by atoms with E-state index in [-0.39, 0.29) is 16.5 Å². The molecule has 0 aliphatic heterocycles. The molecule has 0 N–H and O–H groups in total. The van der Waals surface area contributed by atoms with Gasteiger partial charge in [0.05, 0.1) is 5.69 Å². The van der Waals surface area contributed by atoms with E-state index < -0.39 is 15.8 Å². The van der Waals surface area contributed by atoms with E-state index in [0.29, 0.717) is 5.69 Å². The van der Waals surface area contributed by atoms with Crippen molar-refractivity contribution in [3.8, 4) is 0 Å². The van der Waals surface area contributed by atoms with Crippen LogP contribution in [0, 0.1) is 5.82 Å². The van der Waals surface area contributed by atoms with Crippen LogP contribution in [0.4, 0.5) is 10.1 Å². The molecular weight excluding hydrogens is 301 g/mol. The molecule has 0 atom stereocenters. The van der Waals surface area contributed by atoms with Gasteiger partial charge >= 0.3 is 0 Å². The number of halogens is 2. The highest BCUT2D eigenvalue weighted by molar-refractivity contribution is 7.92. The molecule has 0 spiro atoms. The highest BCUT2D eigenvalue weighted by Gasteiger charge is 2.26. The fraction of sp³-hybridized carbons (Fsp3) is 0.143. The summed E-state index contributed by atoms with van der Waals surface area (Å²) in [5, 5.41) is 0.157. The Morgan fingerprint density at radius 2 is 1.80 bits per heavy atom. The molecule has 0 saturated heterocycles. The number of para-hydroxylation sites is 1. The summed E-state index contributed by atoms with van der Waals surface area (Å²) in [5.41, 5.74) is 0.490. The largest absolute Gasteiger partial charge is 0.267 e. The fourth-order valence-corrected chi connectivity index (χ4v) is 3.57. The van der Waals surface area contributed by atoms with Crippen molar-refractivity contribution in [3.63, 3.8) is 0 Å². The third-order valence-corrected chi connectivity index (χ3v) is 4.96. The van der Waals surface area contributed by atoms with Crippen molar-refractivity contribution in [2.24, 2.45) is 0 Å². The summed E-state index contributed by atoms with van der Waals surface area (Å²) < 4.78 is 40.1. The lowest BCUT2D eigenvalue weighted by Crippen LogP contribution is -2.31. The average molecular weight is 314 g/mol. The zero-order valence-corrected chi connectivity index (χ0v) is 12.3. The molecule has 0 aliphatic rings. The van der Waals surface area contributed by atoms with Crippen LogP contribution in [0.25, 0.3) is 0 Å². The van der Waals surface area contributed by atoms with Crippen molar-refractivity contribution in [1.29, 1.82) is 0 Å². The molecule has 2 aromatic rings. The fourth-order valence-electron chi connectivity index (χ4n) is 1.89. The summed E-state index contributed by atoms with van der Waals surface area (Å²) in [6, 6.07) is 12.1. The van der Waals surface area contributed by atoms with Crippen LogP contribution in [0.1, 0.15) is 6.92 Å². The lowest BCUT2D eigenvalue weighted by Gasteiger charge is -2.23. The van der Waals surface area contributed by atoms with Gasteiger partial charge in [-0.15, -0.1) is 0 Å². The quantitative estimate of drug-likeness (QED) is 0.863. The first-order valence-corrected chi connectivity index (χ1v) is 7.81. The van der Waals surface area contributed by atoms with E-state index >= 15 is 0 Å². The Morgan fingerprint density at radius 3 is 2.35 bits per heavy atom. The molecule has 0 heterocycles. The molecular formula is C14H13ClFNO2S. The maximum Gasteiger partial charge on any atom is 0.267 e. The smallest absolute Gasteiger partial charge is 0.267 e.